The predicted octanol–water partition coefficient (Wildman–Crippen LogP) is 3.43. The SMILES string of the molecule is CC(NC1CCCC(C(F)(F)F)C1)C1CCN(C)CC1. The number of nitrogens with one attached hydrogen (secondary N) is 1. The average Bonchev–Trinajstić information content (AvgIpc) is 2.38. The number of nitrogens with zero attached hydrogens (tertiary/aromatic N) is 1. The Hall–Kier alpha value is -0.290. The zero-order valence-corrected chi connectivity index (χ0v) is 12.5. The van der Waals surface area contributed by atoms with Gasteiger partial charge in [0.2, 0.25) is 0 Å². The molecule has 3 unspecified atom stereocenters. The molecule has 2 fully saturated rings. The van der Waals surface area contributed by atoms with Crippen LogP contribution in [0.4, 0.5) is 13.2 Å². The molecule has 0 bridgehead atoms. The largest absolute Gasteiger partial charge is 0.391 e. The second kappa shape index (κ2) is 6.65. The van der Waals surface area contributed by atoms with E-state index in [0.717, 1.165) is 32.4 Å². The van der Waals surface area contributed by atoms with Gasteiger partial charge in [-0.15, -0.1) is 0 Å². The number of likely N-dealkylation sites (tertiary alicyclic amines) is 1. The summed E-state index contributed by atoms with van der Waals surface area (Å²) in [6, 6.07) is 0.380. The van der Waals surface area contributed by atoms with Gasteiger partial charge < -0.3 is 10.2 Å². The van der Waals surface area contributed by atoms with Gasteiger partial charge in [-0.05, 0) is 65.1 Å². The van der Waals surface area contributed by atoms with E-state index in [2.05, 4.69) is 24.2 Å². The molecule has 1 saturated heterocycles. The molecule has 118 valence electrons. The van der Waals surface area contributed by atoms with Crippen molar-refractivity contribution in [3.63, 3.8) is 0 Å². The predicted molar refractivity (Wildman–Crippen MR) is 74.6 cm³/mol. The van der Waals surface area contributed by atoms with E-state index in [0.29, 0.717) is 24.8 Å². The smallest absolute Gasteiger partial charge is 0.311 e. The summed E-state index contributed by atoms with van der Waals surface area (Å²) in [5.74, 6) is -0.490. The summed E-state index contributed by atoms with van der Waals surface area (Å²) in [4.78, 5) is 2.32. The van der Waals surface area contributed by atoms with E-state index >= 15 is 0 Å². The van der Waals surface area contributed by atoms with Crippen LogP contribution < -0.4 is 5.32 Å². The molecule has 0 aromatic carbocycles. The van der Waals surface area contributed by atoms with Gasteiger partial charge in [0.1, 0.15) is 0 Å². The summed E-state index contributed by atoms with van der Waals surface area (Å²) in [5.41, 5.74) is 0. The Morgan fingerprint density at radius 1 is 1.10 bits per heavy atom. The maximum absolute atomic E-state index is 12.8. The Morgan fingerprint density at radius 3 is 2.35 bits per heavy atom. The van der Waals surface area contributed by atoms with Gasteiger partial charge in [0, 0.05) is 12.1 Å². The van der Waals surface area contributed by atoms with Crippen molar-refractivity contribution in [2.75, 3.05) is 20.1 Å². The van der Waals surface area contributed by atoms with Crippen molar-refractivity contribution in [3.05, 3.63) is 0 Å². The third kappa shape index (κ3) is 4.35. The number of piperidine rings is 1. The van der Waals surface area contributed by atoms with Crippen molar-refractivity contribution >= 4 is 0 Å². The van der Waals surface area contributed by atoms with E-state index in [1.165, 1.54) is 0 Å². The van der Waals surface area contributed by atoms with E-state index in [4.69, 9.17) is 0 Å². The highest BCUT2D eigenvalue weighted by molar-refractivity contribution is 4.86. The molecule has 2 aliphatic rings. The molecule has 0 spiro atoms. The fourth-order valence-corrected chi connectivity index (χ4v) is 3.67. The van der Waals surface area contributed by atoms with E-state index < -0.39 is 12.1 Å². The number of hydrogen-bond acceptors (Lipinski definition) is 2. The lowest BCUT2D eigenvalue weighted by Crippen LogP contribution is -2.47. The molecule has 5 heteroatoms. The molecule has 0 amide bonds. The maximum atomic E-state index is 12.8. The number of halogens is 3. The van der Waals surface area contributed by atoms with Crippen LogP contribution in [0.3, 0.4) is 0 Å². The standard InChI is InChI=1S/C15H27F3N2/c1-11(12-6-8-20(2)9-7-12)19-14-5-3-4-13(10-14)15(16,17)18/h11-14,19H,3-10H2,1-2H3. The first-order valence-electron chi connectivity index (χ1n) is 7.87. The molecule has 1 heterocycles. The first kappa shape index (κ1) is 16.1. The number of rotatable bonds is 3. The molecule has 3 atom stereocenters. The van der Waals surface area contributed by atoms with E-state index in [1.54, 1.807) is 0 Å². The Morgan fingerprint density at radius 2 is 1.75 bits per heavy atom. The minimum atomic E-state index is -4.02. The van der Waals surface area contributed by atoms with Crippen LogP contribution in [-0.2, 0) is 0 Å². The summed E-state index contributed by atoms with van der Waals surface area (Å²) >= 11 is 0. The van der Waals surface area contributed by atoms with Crippen LogP contribution in [0, 0.1) is 11.8 Å². The molecule has 20 heavy (non-hydrogen) atoms. The Kier molecular flexibility index (Phi) is 5.35. The lowest BCUT2D eigenvalue weighted by atomic mass is 9.83. The van der Waals surface area contributed by atoms with Gasteiger partial charge in [0.15, 0.2) is 0 Å². The summed E-state index contributed by atoms with van der Waals surface area (Å²) in [6.45, 7) is 4.35. The topological polar surface area (TPSA) is 15.3 Å². The Labute approximate surface area is 120 Å². The lowest BCUT2D eigenvalue weighted by Gasteiger charge is -2.37. The molecule has 0 aromatic heterocycles. The Bertz CT molecular complexity index is 298. The highest BCUT2D eigenvalue weighted by Gasteiger charge is 2.42. The number of hydrogen-bond donors (Lipinski definition) is 1. The normalized spacial score (nSPS) is 32.2. The van der Waals surface area contributed by atoms with Gasteiger partial charge in [-0.2, -0.15) is 13.2 Å². The summed E-state index contributed by atoms with van der Waals surface area (Å²) < 4.78 is 38.4. The van der Waals surface area contributed by atoms with Crippen LogP contribution in [0.1, 0.15) is 45.4 Å². The maximum Gasteiger partial charge on any atom is 0.391 e. The molecule has 1 aliphatic heterocycles. The zero-order valence-electron chi connectivity index (χ0n) is 12.5. The lowest BCUT2D eigenvalue weighted by molar-refractivity contribution is -0.184. The molecule has 1 N–H and O–H groups in total. The quantitative estimate of drug-likeness (QED) is 0.857. The summed E-state index contributed by atoms with van der Waals surface area (Å²) in [6.07, 6.45) is 0.452. The molecule has 0 aromatic rings. The highest BCUT2D eigenvalue weighted by Crippen LogP contribution is 2.37. The second-order valence-electron chi connectivity index (χ2n) is 6.70. The van der Waals surface area contributed by atoms with E-state index in [9.17, 15) is 13.2 Å². The van der Waals surface area contributed by atoms with Crippen molar-refractivity contribution in [3.8, 4) is 0 Å². The molecular weight excluding hydrogens is 265 g/mol. The van der Waals surface area contributed by atoms with Gasteiger partial charge in [0.25, 0.3) is 0 Å². The van der Waals surface area contributed by atoms with Crippen LogP contribution >= 0.6 is 0 Å². The van der Waals surface area contributed by atoms with Crippen LogP contribution in [0.2, 0.25) is 0 Å². The second-order valence-corrected chi connectivity index (χ2v) is 6.70. The van der Waals surface area contributed by atoms with Gasteiger partial charge in [-0.25, -0.2) is 0 Å². The van der Waals surface area contributed by atoms with E-state index in [1.807, 2.05) is 0 Å². The third-order valence-electron chi connectivity index (χ3n) is 5.11. The minimum Gasteiger partial charge on any atom is -0.311 e. The summed E-state index contributed by atoms with van der Waals surface area (Å²) in [5, 5.41) is 3.49. The van der Waals surface area contributed by atoms with Crippen molar-refractivity contribution in [1.29, 1.82) is 0 Å². The molecule has 1 saturated carbocycles. The van der Waals surface area contributed by atoms with Gasteiger partial charge >= 0.3 is 6.18 Å². The Balaban J connectivity index is 1.80. The molecule has 2 nitrogen and oxygen atoms in total. The first-order chi connectivity index (χ1) is 9.36. The van der Waals surface area contributed by atoms with Gasteiger partial charge in [-0.1, -0.05) is 6.42 Å². The monoisotopic (exact) mass is 292 g/mol. The van der Waals surface area contributed by atoms with Crippen molar-refractivity contribution in [1.82, 2.24) is 10.2 Å². The third-order valence-corrected chi connectivity index (χ3v) is 5.11. The zero-order chi connectivity index (χ0) is 14.8. The van der Waals surface area contributed by atoms with Crippen LogP contribution in [0.15, 0.2) is 0 Å². The van der Waals surface area contributed by atoms with Crippen molar-refractivity contribution in [2.24, 2.45) is 11.8 Å². The average molecular weight is 292 g/mol. The van der Waals surface area contributed by atoms with Gasteiger partial charge in [0.05, 0.1) is 5.92 Å². The fourth-order valence-electron chi connectivity index (χ4n) is 3.67. The van der Waals surface area contributed by atoms with Crippen molar-refractivity contribution < 1.29 is 13.2 Å². The van der Waals surface area contributed by atoms with Crippen molar-refractivity contribution in [2.45, 2.75) is 63.7 Å². The summed E-state index contributed by atoms with van der Waals surface area (Å²) in [7, 11) is 2.13. The van der Waals surface area contributed by atoms with Crippen LogP contribution in [0.25, 0.3) is 0 Å². The van der Waals surface area contributed by atoms with Crippen LogP contribution in [0.5, 0.6) is 0 Å². The van der Waals surface area contributed by atoms with Gasteiger partial charge in [-0.3, -0.25) is 0 Å². The highest BCUT2D eigenvalue weighted by atomic mass is 19.4. The van der Waals surface area contributed by atoms with E-state index in [-0.39, 0.29) is 12.5 Å². The molecule has 0 radical (unpaired) electrons. The number of alkyl halides is 3. The molecule has 2 rings (SSSR count). The molecule has 1 aliphatic carbocycles. The van der Waals surface area contributed by atoms with Crippen LogP contribution in [-0.4, -0.2) is 43.3 Å². The fraction of sp³-hybridized carbons (Fsp3) is 1.00. The minimum absolute atomic E-state index is 0.0463. The first-order valence-corrected chi connectivity index (χ1v) is 7.87. The molecular formula is C15H27F3N2.